The largest absolute Gasteiger partial charge is 0.369 e. The number of hydrogen-bond donors (Lipinski definition) is 2. The van der Waals surface area contributed by atoms with Crippen LogP contribution < -0.4 is 11.1 Å². The molecule has 1 aromatic carbocycles. The summed E-state index contributed by atoms with van der Waals surface area (Å²) in [5, 5.41) is 4.12. The van der Waals surface area contributed by atoms with E-state index in [1.54, 1.807) is 24.7 Å². The maximum atomic E-state index is 11.7. The van der Waals surface area contributed by atoms with Crippen molar-refractivity contribution in [2.45, 2.75) is 19.8 Å². The molecule has 0 aliphatic carbocycles. The number of nitrogens with zero attached hydrogens (tertiary/aromatic N) is 5. The summed E-state index contributed by atoms with van der Waals surface area (Å²) in [4.78, 5) is 33.3. The number of nitrogens with two attached hydrogens (primary N) is 1. The van der Waals surface area contributed by atoms with E-state index >= 15 is 0 Å². The molecule has 150 valence electrons. The molecule has 0 spiro atoms. The van der Waals surface area contributed by atoms with E-state index in [2.05, 4.69) is 37.2 Å². The van der Waals surface area contributed by atoms with E-state index in [1.807, 2.05) is 31.2 Å². The van der Waals surface area contributed by atoms with E-state index in [9.17, 15) is 4.79 Å². The minimum absolute atomic E-state index is 0.116. The number of benzene rings is 1. The highest BCUT2D eigenvalue weighted by atomic mass is 16.1. The zero-order valence-corrected chi connectivity index (χ0v) is 16.7. The Bertz CT molecular complexity index is 1210. The number of para-hydroxylation sites is 1. The number of aryl methyl sites for hydroxylation is 1. The molecule has 8 nitrogen and oxygen atoms in total. The van der Waals surface area contributed by atoms with Gasteiger partial charge in [0.15, 0.2) is 0 Å². The molecule has 3 aromatic heterocycles. The van der Waals surface area contributed by atoms with Crippen LogP contribution in [0, 0.1) is 6.92 Å². The number of carbonyl (C=O) groups is 1. The lowest BCUT2D eigenvalue weighted by atomic mass is 9.96. The third kappa shape index (κ3) is 3.93. The summed E-state index contributed by atoms with van der Waals surface area (Å²) >= 11 is 0. The number of anilines is 1. The molecule has 1 unspecified atom stereocenters. The van der Waals surface area contributed by atoms with Gasteiger partial charge in [-0.05, 0) is 18.6 Å². The van der Waals surface area contributed by atoms with Crippen LogP contribution in [0.3, 0.4) is 0 Å². The van der Waals surface area contributed by atoms with Crippen LogP contribution in [0.1, 0.15) is 34.6 Å². The van der Waals surface area contributed by atoms with Crippen molar-refractivity contribution in [1.82, 2.24) is 24.9 Å². The van der Waals surface area contributed by atoms with Crippen molar-refractivity contribution in [3.63, 3.8) is 0 Å². The Morgan fingerprint density at radius 3 is 2.67 bits per heavy atom. The highest BCUT2D eigenvalue weighted by molar-refractivity contribution is 6.05. The third-order valence-electron chi connectivity index (χ3n) is 4.93. The summed E-state index contributed by atoms with van der Waals surface area (Å²) in [5.41, 5.74) is 9.37. The van der Waals surface area contributed by atoms with Crippen molar-refractivity contribution in [1.29, 1.82) is 0 Å². The summed E-state index contributed by atoms with van der Waals surface area (Å²) in [6.07, 6.45) is 6.62. The van der Waals surface area contributed by atoms with Crippen molar-refractivity contribution in [3.05, 3.63) is 72.2 Å². The van der Waals surface area contributed by atoms with E-state index in [4.69, 9.17) is 5.73 Å². The average Bonchev–Trinajstić information content (AvgIpc) is 2.77. The molecule has 0 saturated carbocycles. The Kier molecular flexibility index (Phi) is 5.30. The Morgan fingerprint density at radius 1 is 1.10 bits per heavy atom. The second-order valence-electron chi connectivity index (χ2n) is 7.06. The lowest BCUT2D eigenvalue weighted by molar-refractivity contribution is 0.100. The topological polar surface area (TPSA) is 120 Å². The average molecular weight is 399 g/mol. The van der Waals surface area contributed by atoms with Gasteiger partial charge in [0.2, 0.25) is 5.91 Å². The number of hydrogen-bond acceptors (Lipinski definition) is 7. The lowest BCUT2D eigenvalue weighted by Gasteiger charge is -2.16. The Labute approximate surface area is 173 Å². The lowest BCUT2D eigenvalue weighted by Crippen LogP contribution is -2.14. The number of nitrogens with one attached hydrogen (secondary N) is 1. The molecule has 0 bridgehead atoms. The van der Waals surface area contributed by atoms with Gasteiger partial charge in [-0.1, -0.05) is 25.1 Å². The van der Waals surface area contributed by atoms with Gasteiger partial charge in [0.1, 0.15) is 18.0 Å². The van der Waals surface area contributed by atoms with Gasteiger partial charge in [-0.25, -0.2) is 19.9 Å². The second kappa shape index (κ2) is 8.20. The van der Waals surface area contributed by atoms with Crippen molar-refractivity contribution in [3.8, 4) is 11.3 Å². The van der Waals surface area contributed by atoms with Crippen LogP contribution >= 0.6 is 0 Å². The molecule has 1 amide bonds. The van der Waals surface area contributed by atoms with Gasteiger partial charge < -0.3 is 11.1 Å². The Morgan fingerprint density at radius 2 is 1.90 bits per heavy atom. The fourth-order valence-corrected chi connectivity index (χ4v) is 3.32. The van der Waals surface area contributed by atoms with E-state index in [1.165, 1.54) is 6.33 Å². The molecule has 3 heterocycles. The number of rotatable bonds is 6. The molecule has 30 heavy (non-hydrogen) atoms. The van der Waals surface area contributed by atoms with Gasteiger partial charge in [-0.3, -0.25) is 9.78 Å². The predicted octanol–water partition coefficient (Wildman–Crippen LogP) is 3.10. The first kappa shape index (κ1) is 19.4. The molecule has 0 radical (unpaired) electrons. The second-order valence-corrected chi connectivity index (χ2v) is 7.06. The summed E-state index contributed by atoms with van der Waals surface area (Å²) < 4.78 is 0. The summed E-state index contributed by atoms with van der Waals surface area (Å²) in [6.45, 7) is 4.56. The van der Waals surface area contributed by atoms with E-state index in [0.29, 0.717) is 23.8 Å². The van der Waals surface area contributed by atoms with Gasteiger partial charge in [0, 0.05) is 48.1 Å². The zero-order valence-electron chi connectivity index (χ0n) is 16.7. The van der Waals surface area contributed by atoms with Gasteiger partial charge >= 0.3 is 0 Å². The molecule has 1 atom stereocenters. The van der Waals surface area contributed by atoms with Crippen LogP contribution in [0.4, 0.5) is 5.82 Å². The maximum absolute atomic E-state index is 11.7. The molecule has 0 aliphatic rings. The van der Waals surface area contributed by atoms with Crippen LogP contribution in [0.15, 0.2) is 55.2 Å². The minimum Gasteiger partial charge on any atom is -0.369 e. The predicted molar refractivity (Wildman–Crippen MR) is 115 cm³/mol. The van der Waals surface area contributed by atoms with Gasteiger partial charge in [-0.2, -0.15) is 0 Å². The number of carbonyl (C=O) groups excluding carboxylic acids is 1. The van der Waals surface area contributed by atoms with Crippen LogP contribution in [-0.4, -0.2) is 37.4 Å². The molecular weight excluding hydrogens is 378 g/mol. The number of pyridine rings is 1. The maximum Gasteiger partial charge on any atom is 0.249 e. The molecule has 0 fully saturated rings. The van der Waals surface area contributed by atoms with E-state index in [0.717, 1.165) is 27.7 Å². The standard InChI is InChI=1S/C22H21N7O/c1-13(16-4-3-5-17-18(22(23)30)6-7-24-21(16)17)9-27-20-8-19(28-12-29-20)15-10-25-14(2)26-11-15/h3-8,10-13H,9H2,1-2H3,(H2,23,30)(H,27,28,29). The fraction of sp³-hybridized carbons (Fsp3) is 0.182. The number of fused-ring (bicyclic) bond motifs is 1. The highest BCUT2D eigenvalue weighted by Crippen LogP contribution is 2.26. The fourth-order valence-electron chi connectivity index (χ4n) is 3.32. The zero-order chi connectivity index (χ0) is 21.1. The first-order valence-electron chi connectivity index (χ1n) is 9.55. The molecule has 0 aliphatic heterocycles. The first-order valence-corrected chi connectivity index (χ1v) is 9.55. The van der Waals surface area contributed by atoms with Crippen LogP contribution in [0.2, 0.25) is 0 Å². The summed E-state index contributed by atoms with van der Waals surface area (Å²) in [5.74, 6) is 1.07. The molecular formula is C22H21N7O. The quantitative estimate of drug-likeness (QED) is 0.511. The first-order chi connectivity index (χ1) is 14.5. The van der Waals surface area contributed by atoms with Crippen LogP contribution in [-0.2, 0) is 0 Å². The van der Waals surface area contributed by atoms with Crippen molar-refractivity contribution < 1.29 is 4.79 Å². The SMILES string of the molecule is Cc1ncc(-c2cc(NCC(C)c3cccc4c(C(N)=O)ccnc34)ncn2)cn1. The molecule has 4 rings (SSSR count). The van der Waals surface area contributed by atoms with Gasteiger partial charge in [0.25, 0.3) is 0 Å². The van der Waals surface area contributed by atoms with Crippen LogP contribution in [0.5, 0.6) is 0 Å². The molecule has 8 heteroatoms. The smallest absolute Gasteiger partial charge is 0.249 e. The minimum atomic E-state index is -0.459. The summed E-state index contributed by atoms with van der Waals surface area (Å²) in [6, 6.07) is 9.32. The molecule has 0 saturated heterocycles. The van der Waals surface area contributed by atoms with Gasteiger partial charge in [-0.15, -0.1) is 0 Å². The van der Waals surface area contributed by atoms with Crippen molar-refractivity contribution in [2.24, 2.45) is 5.73 Å². The van der Waals surface area contributed by atoms with Crippen molar-refractivity contribution >= 4 is 22.6 Å². The van der Waals surface area contributed by atoms with E-state index < -0.39 is 5.91 Å². The van der Waals surface area contributed by atoms with Crippen molar-refractivity contribution in [2.75, 3.05) is 11.9 Å². The monoisotopic (exact) mass is 399 g/mol. The third-order valence-corrected chi connectivity index (χ3v) is 4.93. The molecule has 3 N–H and O–H groups in total. The highest BCUT2D eigenvalue weighted by Gasteiger charge is 2.14. The van der Waals surface area contributed by atoms with Gasteiger partial charge in [0.05, 0.1) is 16.8 Å². The normalized spacial score (nSPS) is 11.9. The Balaban J connectivity index is 1.55. The Hall–Kier alpha value is -3.94. The summed E-state index contributed by atoms with van der Waals surface area (Å²) in [7, 11) is 0. The number of aromatic nitrogens is 5. The number of amides is 1. The van der Waals surface area contributed by atoms with Crippen LogP contribution in [0.25, 0.3) is 22.2 Å². The van der Waals surface area contributed by atoms with E-state index in [-0.39, 0.29) is 5.92 Å². The number of primary amides is 1. The molecule has 4 aromatic rings.